The summed E-state index contributed by atoms with van der Waals surface area (Å²) in [5, 5.41) is 2.45. The van der Waals surface area contributed by atoms with Crippen LogP contribution in [0.2, 0.25) is 5.02 Å². The maximum absolute atomic E-state index is 13.4. The third-order valence-corrected chi connectivity index (χ3v) is 6.39. The largest absolute Gasteiger partial charge is 0.490 e. The smallest absolute Gasteiger partial charge is 0.432 e. The van der Waals surface area contributed by atoms with Crippen LogP contribution in [0.3, 0.4) is 0 Å². The van der Waals surface area contributed by atoms with Crippen molar-refractivity contribution in [1.29, 1.82) is 0 Å². The van der Waals surface area contributed by atoms with Crippen LogP contribution in [0.15, 0.2) is 42.6 Å². The summed E-state index contributed by atoms with van der Waals surface area (Å²) in [4.78, 5) is 34.1. The molecular formula is C27H24ClF4N5O3. The van der Waals surface area contributed by atoms with E-state index in [1.807, 2.05) is 0 Å². The molecule has 3 aromatic rings. The van der Waals surface area contributed by atoms with Gasteiger partial charge in [-0.15, -0.1) is 0 Å². The number of imidazole rings is 1. The average molecular weight is 578 g/mol. The van der Waals surface area contributed by atoms with E-state index in [4.69, 9.17) is 16.3 Å². The monoisotopic (exact) mass is 577 g/mol. The highest BCUT2D eigenvalue weighted by Gasteiger charge is 2.33. The molecule has 0 bridgehead atoms. The van der Waals surface area contributed by atoms with Gasteiger partial charge in [-0.05, 0) is 36.4 Å². The number of nitrogens with one attached hydrogen (secondary N) is 2. The van der Waals surface area contributed by atoms with E-state index in [-0.39, 0.29) is 40.4 Å². The van der Waals surface area contributed by atoms with E-state index >= 15 is 0 Å². The number of H-pyrrole nitrogens is 1. The fourth-order valence-corrected chi connectivity index (χ4v) is 4.12. The van der Waals surface area contributed by atoms with Crippen LogP contribution >= 0.6 is 11.6 Å². The zero-order chi connectivity index (χ0) is 28.9. The number of anilines is 1. The lowest BCUT2D eigenvalue weighted by molar-refractivity contribution is -0.140. The van der Waals surface area contributed by atoms with E-state index in [0.29, 0.717) is 44.5 Å². The molecule has 0 spiro atoms. The van der Waals surface area contributed by atoms with Gasteiger partial charge in [-0.25, -0.2) is 9.37 Å². The number of carbonyl (C=O) groups excluding carboxylic acids is 2. The Morgan fingerprint density at radius 2 is 1.90 bits per heavy atom. The van der Waals surface area contributed by atoms with Gasteiger partial charge in [0, 0.05) is 56.7 Å². The third-order valence-electron chi connectivity index (χ3n) is 6.11. The molecule has 40 heavy (non-hydrogen) atoms. The molecule has 2 aromatic carbocycles. The number of piperazine rings is 1. The number of nitrogens with zero attached hydrogens (tertiary/aromatic N) is 3. The maximum Gasteiger partial charge on any atom is 0.432 e. The maximum atomic E-state index is 13.4. The first kappa shape index (κ1) is 28.9. The summed E-state index contributed by atoms with van der Waals surface area (Å²) in [5.41, 5.74) is -0.258. The Bertz CT molecular complexity index is 1460. The number of amides is 2. The van der Waals surface area contributed by atoms with Crippen molar-refractivity contribution < 1.29 is 31.9 Å². The van der Waals surface area contributed by atoms with Crippen molar-refractivity contribution in [3.8, 4) is 29.0 Å². The van der Waals surface area contributed by atoms with E-state index in [2.05, 4.69) is 32.0 Å². The minimum Gasteiger partial charge on any atom is -0.490 e. The minimum absolute atomic E-state index is 0.0286. The van der Waals surface area contributed by atoms with Gasteiger partial charge in [-0.2, -0.15) is 13.2 Å². The van der Waals surface area contributed by atoms with Crippen molar-refractivity contribution in [2.75, 3.05) is 44.6 Å². The number of ether oxygens (including phenoxy) is 1. The zero-order valence-corrected chi connectivity index (χ0v) is 22.0. The molecule has 1 aromatic heterocycles. The topological polar surface area (TPSA) is 90.6 Å². The van der Waals surface area contributed by atoms with E-state index in [1.54, 1.807) is 4.90 Å². The SMILES string of the molecule is CC(=O)N1CCN(CCOc2ccc(-c3ncc(C(F)(F)F)[nH]3)cc2NC(=O)C#Cc2ccc(F)c(Cl)c2)CC1. The van der Waals surface area contributed by atoms with Gasteiger partial charge in [0.05, 0.1) is 16.9 Å². The van der Waals surface area contributed by atoms with Gasteiger partial charge in [-0.3, -0.25) is 14.5 Å². The van der Waals surface area contributed by atoms with Crippen LogP contribution in [-0.4, -0.2) is 70.9 Å². The lowest BCUT2D eigenvalue weighted by atomic mass is 10.1. The van der Waals surface area contributed by atoms with Crippen LogP contribution in [0.4, 0.5) is 23.2 Å². The molecule has 210 valence electrons. The third kappa shape index (κ3) is 7.52. The number of carbonyl (C=O) groups is 2. The lowest BCUT2D eigenvalue weighted by Crippen LogP contribution is -2.48. The highest BCUT2D eigenvalue weighted by molar-refractivity contribution is 6.30. The molecule has 13 heteroatoms. The minimum atomic E-state index is -4.60. The molecule has 1 fully saturated rings. The molecular weight excluding hydrogens is 554 g/mol. The van der Waals surface area contributed by atoms with E-state index < -0.39 is 23.6 Å². The van der Waals surface area contributed by atoms with Crippen LogP contribution < -0.4 is 10.1 Å². The summed E-state index contributed by atoms with van der Waals surface area (Å²) in [6, 6.07) is 8.22. The van der Waals surface area contributed by atoms with Gasteiger partial charge < -0.3 is 19.9 Å². The highest BCUT2D eigenvalue weighted by atomic mass is 35.5. The molecule has 0 saturated carbocycles. The normalized spacial score (nSPS) is 13.9. The van der Waals surface area contributed by atoms with Gasteiger partial charge in [0.1, 0.15) is 29.7 Å². The van der Waals surface area contributed by atoms with Gasteiger partial charge in [-0.1, -0.05) is 17.5 Å². The first-order valence-electron chi connectivity index (χ1n) is 12.1. The lowest BCUT2D eigenvalue weighted by Gasteiger charge is -2.34. The zero-order valence-electron chi connectivity index (χ0n) is 21.2. The number of aromatic nitrogens is 2. The van der Waals surface area contributed by atoms with Crippen LogP contribution in [-0.2, 0) is 15.8 Å². The molecule has 4 rings (SSSR count). The van der Waals surface area contributed by atoms with Crippen molar-refractivity contribution in [3.63, 3.8) is 0 Å². The second-order valence-electron chi connectivity index (χ2n) is 8.88. The molecule has 0 unspecified atom stereocenters. The predicted octanol–water partition coefficient (Wildman–Crippen LogP) is 4.42. The van der Waals surface area contributed by atoms with Crippen molar-refractivity contribution in [3.05, 3.63) is 64.7 Å². The molecule has 0 atom stereocenters. The van der Waals surface area contributed by atoms with Crippen LogP contribution in [0.1, 0.15) is 18.2 Å². The summed E-state index contributed by atoms with van der Waals surface area (Å²) in [6.45, 7) is 4.95. The Morgan fingerprint density at radius 3 is 2.55 bits per heavy atom. The number of alkyl halides is 3. The molecule has 2 amide bonds. The van der Waals surface area contributed by atoms with Crippen molar-refractivity contribution in [2.24, 2.45) is 0 Å². The summed E-state index contributed by atoms with van der Waals surface area (Å²) in [6.07, 6.45) is -3.91. The first-order chi connectivity index (χ1) is 19.0. The van der Waals surface area contributed by atoms with Gasteiger partial charge in [0.25, 0.3) is 0 Å². The number of hydrogen-bond acceptors (Lipinski definition) is 5. The van der Waals surface area contributed by atoms with E-state index in [9.17, 15) is 27.2 Å². The van der Waals surface area contributed by atoms with Crippen LogP contribution in [0.25, 0.3) is 11.4 Å². The van der Waals surface area contributed by atoms with Crippen molar-refractivity contribution in [2.45, 2.75) is 13.1 Å². The molecule has 2 N–H and O–H groups in total. The Balaban J connectivity index is 1.50. The second-order valence-corrected chi connectivity index (χ2v) is 9.29. The standard InChI is InChI=1S/C27H24ClF4N5O3/c1-17(38)37-10-8-36(9-11-37)12-13-40-23-6-4-19(26-33-16-24(35-26)27(30,31)32)15-22(23)34-25(39)7-3-18-2-5-21(29)20(28)14-18/h2,4-6,14-16H,8-13H2,1H3,(H,33,35)(H,34,39). The summed E-state index contributed by atoms with van der Waals surface area (Å²) >= 11 is 5.75. The van der Waals surface area contributed by atoms with E-state index in [0.717, 1.165) is 6.07 Å². The Kier molecular flexibility index (Phi) is 8.96. The number of hydrogen-bond donors (Lipinski definition) is 2. The molecule has 0 aliphatic carbocycles. The Morgan fingerprint density at radius 1 is 1.15 bits per heavy atom. The quantitative estimate of drug-likeness (QED) is 0.334. The van der Waals surface area contributed by atoms with Crippen LogP contribution in [0, 0.1) is 17.7 Å². The van der Waals surface area contributed by atoms with Gasteiger partial charge >= 0.3 is 12.1 Å². The number of rotatable bonds is 6. The van der Waals surface area contributed by atoms with Crippen molar-refractivity contribution >= 4 is 29.1 Å². The summed E-state index contributed by atoms with van der Waals surface area (Å²) in [7, 11) is 0. The molecule has 0 radical (unpaired) electrons. The fourth-order valence-electron chi connectivity index (χ4n) is 3.94. The summed E-state index contributed by atoms with van der Waals surface area (Å²) in [5.74, 6) is 3.85. The molecule has 1 aliphatic rings. The van der Waals surface area contributed by atoms with Gasteiger partial charge in [0.2, 0.25) is 5.91 Å². The fraction of sp³-hybridized carbons (Fsp3) is 0.296. The predicted molar refractivity (Wildman–Crippen MR) is 140 cm³/mol. The van der Waals surface area contributed by atoms with Crippen LogP contribution in [0.5, 0.6) is 5.75 Å². The average Bonchev–Trinajstić information content (AvgIpc) is 3.42. The highest BCUT2D eigenvalue weighted by Crippen LogP contribution is 2.33. The number of halogens is 5. The Labute approximate surface area is 232 Å². The van der Waals surface area contributed by atoms with Gasteiger partial charge in [0.15, 0.2) is 0 Å². The Hall–Kier alpha value is -4.08. The van der Waals surface area contributed by atoms with Crippen molar-refractivity contribution in [1.82, 2.24) is 19.8 Å². The molecule has 8 nitrogen and oxygen atoms in total. The number of benzene rings is 2. The molecule has 1 aliphatic heterocycles. The second kappa shape index (κ2) is 12.4. The first-order valence-corrected chi connectivity index (χ1v) is 12.5. The summed E-state index contributed by atoms with van der Waals surface area (Å²) < 4.78 is 58.4. The van der Waals surface area contributed by atoms with E-state index in [1.165, 1.54) is 37.3 Å². The molecule has 2 heterocycles. The number of aromatic amines is 1. The molecule has 1 saturated heterocycles.